The molecule has 0 aromatic carbocycles. The number of rotatable bonds is 16. The van der Waals surface area contributed by atoms with Gasteiger partial charge >= 0.3 is 0 Å². The summed E-state index contributed by atoms with van der Waals surface area (Å²) in [6.07, 6.45) is -3.19. The van der Waals surface area contributed by atoms with Crippen molar-refractivity contribution in [1.82, 2.24) is 0 Å². The molecule has 0 aliphatic heterocycles. The molecule has 0 heterocycles. The second-order valence-corrected chi connectivity index (χ2v) is 21.8. The normalized spacial score (nSPS) is 16.7. The van der Waals surface area contributed by atoms with E-state index in [0.29, 0.717) is 0 Å². The molecule has 36 heavy (non-hydrogen) atoms. The van der Waals surface area contributed by atoms with E-state index in [1.807, 2.05) is 0 Å². The predicted molar refractivity (Wildman–Crippen MR) is 146 cm³/mol. The molecule has 220 valence electrons. The first-order chi connectivity index (χ1) is 16.2. The van der Waals surface area contributed by atoms with Gasteiger partial charge in [0, 0.05) is 0 Å². The first-order valence-electron chi connectivity index (χ1n) is 12.6. The molecular weight excluding hydrogens is 504 g/mol. The molecule has 0 aromatic rings. The van der Waals surface area contributed by atoms with Gasteiger partial charge in [0.1, 0.15) is 12.2 Å². The van der Waals surface area contributed by atoms with E-state index < -0.39 is 41.1 Å². The predicted octanol–water partition coefficient (Wildman–Crippen LogP) is 1.48. The summed E-state index contributed by atoms with van der Waals surface area (Å²) >= 11 is 0. The highest BCUT2D eigenvalue weighted by molar-refractivity contribution is 6.74. The van der Waals surface area contributed by atoms with E-state index in [1.165, 1.54) is 0 Å². The molecule has 0 aliphatic carbocycles. The Morgan fingerprint density at radius 2 is 0.750 bits per heavy atom. The van der Waals surface area contributed by atoms with Crippen molar-refractivity contribution in [2.24, 2.45) is 0 Å². The van der Waals surface area contributed by atoms with Crippen LogP contribution < -0.4 is 0 Å². The van der Waals surface area contributed by atoms with Gasteiger partial charge in [-0.05, 0) is 36.3 Å². The van der Waals surface area contributed by atoms with Crippen LogP contribution in [0.3, 0.4) is 0 Å². The largest absolute Gasteiger partial charge is 0.414 e. The summed E-state index contributed by atoms with van der Waals surface area (Å²) in [6.45, 7) is 21.7. The molecule has 0 fully saturated rings. The summed E-state index contributed by atoms with van der Waals surface area (Å²) in [5, 5.41) is 54.4. The van der Waals surface area contributed by atoms with Crippen LogP contribution in [0.4, 0.5) is 0 Å². The second-order valence-electron chi connectivity index (χ2n) is 12.2. The van der Waals surface area contributed by atoms with E-state index >= 15 is 0 Å². The van der Waals surface area contributed by atoms with Crippen molar-refractivity contribution >= 4 is 16.6 Å². The molecule has 4 atom stereocenters. The molecule has 0 aliphatic rings. The molecule has 0 amide bonds. The molecule has 6 N–H and O–H groups in total. The quantitative estimate of drug-likeness (QED) is 0.153. The summed E-state index contributed by atoms with van der Waals surface area (Å²) in [7, 11) is -3.72. The summed E-state index contributed by atoms with van der Waals surface area (Å²) in [5.41, 5.74) is 0. The second kappa shape index (κ2) is 17.6. The average molecular weight is 561 g/mol. The Bertz CT molecular complexity index is 504. The third kappa shape index (κ3) is 17.5. The molecule has 10 nitrogen and oxygen atoms in total. The van der Waals surface area contributed by atoms with E-state index in [-0.39, 0.29) is 62.9 Å². The van der Waals surface area contributed by atoms with Crippen LogP contribution in [0, 0.1) is 0 Å². The lowest BCUT2D eigenvalue weighted by molar-refractivity contribution is -0.0364. The maximum Gasteiger partial charge on any atom is 0.192 e. The van der Waals surface area contributed by atoms with Gasteiger partial charge in [-0.2, -0.15) is 0 Å². The van der Waals surface area contributed by atoms with Crippen LogP contribution in [0.5, 0.6) is 0 Å². The molecule has 12 heteroatoms. The minimum absolute atomic E-state index is 0.0342. The standard InChI is InChI=1S/C18H42O5Si2.C6H14O5/c1-17(2,3)24(7,8)22-13-15(19)11-21-12-16(20)14-23-25(9,10)18(4,5)6;7-1-5(9)3-11-4-6(10)2-8/h15-16,19-20H,11-14H2,1-10H3;5-10H,1-4H2. The Balaban J connectivity index is 0. The molecule has 0 aromatic heterocycles. The Morgan fingerprint density at radius 3 is 0.972 bits per heavy atom. The maximum atomic E-state index is 10.0. The first-order valence-corrected chi connectivity index (χ1v) is 18.4. The molecule has 0 spiro atoms. The molecule has 4 unspecified atom stereocenters. The maximum absolute atomic E-state index is 10.0. The van der Waals surface area contributed by atoms with E-state index in [2.05, 4.69) is 67.7 Å². The highest BCUT2D eigenvalue weighted by Gasteiger charge is 2.38. The third-order valence-corrected chi connectivity index (χ3v) is 15.5. The van der Waals surface area contributed by atoms with Gasteiger partial charge in [-0.15, -0.1) is 0 Å². The zero-order valence-electron chi connectivity index (χ0n) is 24.3. The summed E-state index contributed by atoms with van der Waals surface area (Å²) in [6, 6.07) is 0. The van der Waals surface area contributed by atoms with Gasteiger partial charge < -0.3 is 49.0 Å². The van der Waals surface area contributed by atoms with E-state index in [9.17, 15) is 10.2 Å². The Labute approximate surface area is 220 Å². The fourth-order valence-corrected chi connectivity index (χ4v) is 4.01. The highest BCUT2D eigenvalue weighted by atomic mass is 28.4. The summed E-state index contributed by atoms with van der Waals surface area (Å²) < 4.78 is 22.1. The lowest BCUT2D eigenvalue weighted by Crippen LogP contribution is -2.44. The SMILES string of the molecule is CC(C)(C)[Si](C)(C)OCC(O)COCC(O)CO[Si](C)(C)C(C)(C)C.OCC(O)COCC(O)CO. The molecule has 0 radical (unpaired) electrons. The van der Waals surface area contributed by atoms with Gasteiger partial charge in [-0.1, -0.05) is 41.5 Å². The lowest BCUT2D eigenvalue weighted by atomic mass is 10.2. The van der Waals surface area contributed by atoms with Crippen molar-refractivity contribution < 1.29 is 49.0 Å². The van der Waals surface area contributed by atoms with Gasteiger partial charge in [-0.25, -0.2) is 0 Å². The number of aliphatic hydroxyl groups is 6. The summed E-state index contributed by atoms with van der Waals surface area (Å²) in [5.74, 6) is 0. The third-order valence-electron chi connectivity index (χ3n) is 6.55. The van der Waals surface area contributed by atoms with E-state index in [1.54, 1.807) is 0 Å². The van der Waals surface area contributed by atoms with Crippen molar-refractivity contribution in [3.05, 3.63) is 0 Å². The number of hydrogen-bond acceptors (Lipinski definition) is 10. The van der Waals surface area contributed by atoms with Crippen LogP contribution in [0.2, 0.25) is 36.3 Å². The smallest absolute Gasteiger partial charge is 0.192 e. The van der Waals surface area contributed by atoms with Crippen LogP contribution in [-0.4, -0.2) is 125 Å². The number of ether oxygens (including phenoxy) is 2. The van der Waals surface area contributed by atoms with Crippen molar-refractivity contribution in [3.8, 4) is 0 Å². The lowest BCUT2D eigenvalue weighted by Gasteiger charge is -2.37. The van der Waals surface area contributed by atoms with Gasteiger partial charge in [-0.3, -0.25) is 0 Å². The Morgan fingerprint density at radius 1 is 0.500 bits per heavy atom. The summed E-state index contributed by atoms with van der Waals surface area (Å²) in [4.78, 5) is 0. The molecule has 0 bridgehead atoms. The minimum Gasteiger partial charge on any atom is -0.414 e. The van der Waals surface area contributed by atoms with Crippen LogP contribution in [0.25, 0.3) is 0 Å². The molecule has 0 rings (SSSR count). The van der Waals surface area contributed by atoms with Crippen LogP contribution in [0.15, 0.2) is 0 Å². The molecule has 0 saturated carbocycles. The Kier molecular flexibility index (Phi) is 18.7. The van der Waals surface area contributed by atoms with Crippen LogP contribution in [0.1, 0.15) is 41.5 Å². The van der Waals surface area contributed by atoms with Crippen LogP contribution in [-0.2, 0) is 18.3 Å². The van der Waals surface area contributed by atoms with Crippen molar-refractivity contribution in [2.45, 2.75) is 102 Å². The number of aliphatic hydroxyl groups excluding tert-OH is 6. The van der Waals surface area contributed by atoms with E-state index in [0.717, 1.165) is 0 Å². The fourth-order valence-electron chi connectivity index (χ4n) is 1.92. The zero-order valence-corrected chi connectivity index (χ0v) is 26.3. The van der Waals surface area contributed by atoms with Gasteiger partial charge in [0.25, 0.3) is 0 Å². The van der Waals surface area contributed by atoms with Crippen LogP contribution >= 0.6 is 0 Å². The molecule has 0 saturated heterocycles. The Hall–Kier alpha value is 0.0338. The number of hydrogen-bond donors (Lipinski definition) is 6. The highest BCUT2D eigenvalue weighted by Crippen LogP contribution is 2.37. The van der Waals surface area contributed by atoms with Crippen molar-refractivity contribution in [1.29, 1.82) is 0 Å². The van der Waals surface area contributed by atoms with Gasteiger partial charge in [0.2, 0.25) is 0 Å². The van der Waals surface area contributed by atoms with E-state index in [4.69, 9.17) is 38.8 Å². The zero-order chi connectivity index (χ0) is 28.8. The average Bonchev–Trinajstić information content (AvgIpc) is 2.75. The first kappa shape index (κ1) is 38.2. The monoisotopic (exact) mass is 560 g/mol. The minimum atomic E-state index is -1.86. The topological polar surface area (TPSA) is 158 Å². The molecular formula is C24H56O10Si2. The van der Waals surface area contributed by atoms with Crippen molar-refractivity contribution in [3.63, 3.8) is 0 Å². The van der Waals surface area contributed by atoms with Gasteiger partial charge in [0.15, 0.2) is 16.6 Å². The van der Waals surface area contributed by atoms with Gasteiger partial charge in [0.05, 0.1) is 65.1 Å². The van der Waals surface area contributed by atoms with Crippen molar-refractivity contribution in [2.75, 3.05) is 52.9 Å². The fraction of sp³-hybridized carbons (Fsp3) is 1.00.